The van der Waals surface area contributed by atoms with Crippen molar-refractivity contribution >= 4 is 10.0 Å². The van der Waals surface area contributed by atoms with Crippen LogP contribution in [0.4, 0.5) is 0 Å². The number of nitrogens with two attached hydrogens (primary N) is 1. The third-order valence-corrected chi connectivity index (χ3v) is 4.56. The summed E-state index contributed by atoms with van der Waals surface area (Å²) < 4.78 is 26.8. The second-order valence-corrected chi connectivity index (χ2v) is 6.37. The maximum atomic E-state index is 12.1. The molecular formula is C10H20N4O2S. The third-order valence-electron chi connectivity index (χ3n) is 3.03. The highest BCUT2D eigenvalue weighted by molar-refractivity contribution is 7.89. The van der Waals surface area contributed by atoms with Crippen LogP contribution in [-0.2, 0) is 10.0 Å². The number of nitrogens with zero attached hydrogens (tertiary/aromatic N) is 1. The Morgan fingerprint density at radius 2 is 2.18 bits per heavy atom. The van der Waals surface area contributed by atoms with E-state index in [0.29, 0.717) is 5.82 Å². The van der Waals surface area contributed by atoms with E-state index in [1.165, 1.54) is 6.20 Å². The first-order valence-corrected chi connectivity index (χ1v) is 6.95. The van der Waals surface area contributed by atoms with Crippen molar-refractivity contribution in [1.82, 2.24) is 14.7 Å². The Labute approximate surface area is 102 Å². The average molecular weight is 260 g/mol. The van der Waals surface area contributed by atoms with Gasteiger partial charge in [0.1, 0.15) is 5.82 Å². The minimum absolute atomic E-state index is 0.0651. The van der Waals surface area contributed by atoms with Crippen LogP contribution in [0.15, 0.2) is 11.2 Å². The summed E-state index contributed by atoms with van der Waals surface area (Å²) >= 11 is 0. The van der Waals surface area contributed by atoms with Gasteiger partial charge in [0.25, 0.3) is 10.0 Å². The summed E-state index contributed by atoms with van der Waals surface area (Å²) in [6, 6.07) is 0. The van der Waals surface area contributed by atoms with Crippen molar-refractivity contribution in [3.8, 4) is 0 Å². The van der Waals surface area contributed by atoms with Gasteiger partial charge >= 0.3 is 0 Å². The average Bonchev–Trinajstić information content (AvgIpc) is 2.64. The predicted molar refractivity (Wildman–Crippen MR) is 65.9 cm³/mol. The molecule has 7 heteroatoms. The zero-order chi connectivity index (χ0) is 13.3. The van der Waals surface area contributed by atoms with E-state index in [0.717, 1.165) is 0 Å². The van der Waals surface area contributed by atoms with Crippen LogP contribution >= 0.6 is 0 Å². The van der Waals surface area contributed by atoms with Crippen molar-refractivity contribution in [3.05, 3.63) is 12.0 Å². The van der Waals surface area contributed by atoms with Crippen molar-refractivity contribution in [2.24, 2.45) is 11.7 Å². The summed E-state index contributed by atoms with van der Waals surface area (Å²) in [5.74, 6) is 0.649. The molecule has 0 saturated heterocycles. The number of aryl methyl sites for hydroxylation is 1. The molecule has 1 heterocycles. The Kier molecular flexibility index (Phi) is 3.95. The largest absolute Gasteiger partial charge is 0.332 e. The first-order chi connectivity index (χ1) is 7.71. The first kappa shape index (κ1) is 14.1. The molecule has 0 spiro atoms. The van der Waals surface area contributed by atoms with Gasteiger partial charge in [-0.3, -0.25) is 0 Å². The fraction of sp³-hybridized carbons (Fsp3) is 0.700. The molecule has 1 rings (SSSR count). The molecule has 6 nitrogen and oxygen atoms in total. The van der Waals surface area contributed by atoms with Crippen LogP contribution in [0, 0.1) is 12.8 Å². The summed E-state index contributed by atoms with van der Waals surface area (Å²) in [5, 5.41) is 0.0651. The number of sulfonamides is 1. The van der Waals surface area contributed by atoms with Gasteiger partial charge in [-0.15, -0.1) is 0 Å². The number of hydrogen-bond acceptors (Lipinski definition) is 4. The van der Waals surface area contributed by atoms with Gasteiger partial charge in [0, 0.05) is 12.1 Å². The summed E-state index contributed by atoms with van der Waals surface area (Å²) in [7, 11) is -3.60. The maximum absolute atomic E-state index is 12.1. The molecule has 0 amide bonds. The molecule has 1 aromatic rings. The first-order valence-electron chi connectivity index (χ1n) is 5.47. The summed E-state index contributed by atoms with van der Waals surface area (Å²) in [5.41, 5.74) is 4.98. The molecule has 1 aromatic heterocycles. The topological polar surface area (TPSA) is 101 Å². The maximum Gasteiger partial charge on any atom is 0.258 e. The second kappa shape index (κ2) is 4.75. The van der Waals surface area contributed by atoms with Gasteiger partial charge in [0.05, 0.1) is 6.20 Å². The lowest BCUT2D eigenvalue weighted by Gasteiger charge is -2.32. The van der Waals surface area contributed by atoms with Crippen molar-refractivity contribution in [1.29, 1.82) is 0 Å². The summed E-state index contributed by atoms with van der Waals surface area (Å²) in [4.78, 5) is 6.58. The molecular weight excluding hydrogens is 240 g/mol. The number of imidazole rings is 1. The molecule has 0 radical (unpaired) electrons. The van der Waals surface area contributed by atoms with Crippen LogP contribution in [-0.4, -0.2) is 30.5 Å². The van der Waals surface area contributed by atoms with E-state index < -0.39 is 15.6 Å². The Bertz CT molecular complexity index is 480. The highest BCUT2D eigenvalue weighted by Gasteiger charge is 2.33. The lowest BCUT2D eigenvalue weighted by molar-refractivity contribution is 0.314. The second-order valence-electron chi connectivity index (χ2n) is 4.71. The van der Waals surface area contributed by atoms with Crippen LogP contribution in [0.25, 0.3) is 0 Å². The summed E-state index contributed by atoms with van der Waals surface area (Å²) in [6.45, 7) is 7.57. The molecule has 0 aliphatic heterocycles. The smallest absolute Gasteiger partial charge is 0.258 e. The quantitative estimate of drug-likeness (QED) is 0.712. The predicted octanol–water partition coefficient (Wildman–Crippen LogP) is 0.370. The third kappa shape index (κ3) is 3.05. The normalized spacial score (nSPS) is 16.1. The van der Waals surface area contributed by atoms with Crippen molar-refractivity contribution in [3.63, 3.8) is 0 Å². The van der Waals surface area contributed by atoms with E-state index in [1.807, 2.05) is 13.8 Å². The lowest BCUT2D eigenvalue weighted by atomic mass is 9.90. The highest BCUT2D eigenvalue weighted by atomic mass is 32.2. The number of aromatic nitrogens is 2. The Hall–Kier alpha value is -0.920. The minimum Gasteiger partial charge on any atom is -0.332 e. The number of rotatable bonds is 5. The molecule has 0 aromatic carbocycles. The molecule has 0 aliphatic carbocycles. The Morgan fingerprint density at radius 3 is 2.53 bits per heavy atom. The Balaban J connectivity index is 3.01. The van der Waals surface area contributed by atoms with Crippen LogP contribution in [0.5, 0.6) is 0 Å². The minimum atomic E-state index is -3.60. The molecule has 1 atom stereocenters. The molecule has 1 unspecified atom stereocenters. The van der Waals surface area contributed by atoms with E-state index in [-0.39, 0.29) is 17.5 Å². The van der Waals surface area contributed by atoms with Gasteiger partial charge < -0.3 is 10.7 Å². The standard InChI is InChI=1S/C10H20N4O2S/c1-7(2)10(4,6-11)14-17(15,16)9-5-12-8(3)13-9/h5,7,14H,6,11H2,1-4H3,(H,12,13). The zero-order valence-electron chi connectivity index (χ0n) is 10.6. The van der Waals surface area contributed by atoms with E-state index >= 15 is 0 Å². The monoisotopic (exact) mass is 260 g/mol. The fourth-order valence-electron chi connectivity index (χ4n) is 1.29. The Morgan fingerprint density at radius 1 is 1.59 bits per heavy atom. The van der Waals surface area contributed by atoms with Crippen LogP contribution in [0.1, 0.15) is 26.6 Å². The number of nitrogens with one attached hydrogen (secondary N) is 2. The van der Waals surface area contributed by atoms with Gasteiger partial charge in [0.15, 0.2) is 5.03 Å². The van der Waals surface area contributed by atoms with Crippen molar-refractivity contribution in [2.45, 2.75) is 38.3 Å². The van der Waals surface area contributed by atoms with E-state index in [9.17, 15) is 8.42 Å². The fourth-order valence-corrected chi connectivity index (χ4v) is 2.81. The van der Waals surface area contributed by atoms with E-state index in [1.54, 1.807) is 13.8 Å². The van der Waals surface area contributed by atoms with Crippen molar-refractivity contribution in [2.75, 3.05) is 6.54 Å². The molecule has 0 fully saturated rings. The van der Waals surface area contributed by atoms with Gasteiger partial charge in [-0.1, -0.05) is 13.8 Å². The van der Waals surface area contributed by atoms with Crippen LogP contribution in [0.2, 0.25) is 0 Å². The number of aromatic amines is 1. The number of hydrogen-bond donors (Lipinski definition) is 3. The highest BCUT2D eigenvalue weighted by Crippen LogP contribution is 2.18. The molecule has 4 N–H and O–H groups in total. The van der Waals surface area contributed by atoms with Crippen LogP contribution < -0.4 is 10.5 Å². The SMILES string of the molecule is Cc1ncc(S(=O)(=O)NC(C)(CN)C(C)C)[nH]1. The van der Waals surface area contributed by atoms with Gasteiger partial charge in [-0.25, -0.2) is 18.1 Å². The van der Waals surface area contributed by atoms with Gasteiger partial charge in [0.2, 0.25) is 0 Å². The molecule has 98 valence electrons. The molecule has 0 saturated carbocycles. The lowest BCUT2D eigenvalue weighted by Crippen LogP contribution is -2.54. The summed E-state index contributed by atoms with van der Waals surface area (Å²) in [6.07, 6.45) is 1.30. The number of H-pyrrole nitrogens is 1. The van der Waals surface area contributed by atoms with E-state index in [4.69, 9.17) is 5.73 Å². The van der Waals surface area contributed by atoms with Crippen molar-refractivity contribution < 1.29 is 8.42 Å². The molecule has 0 aliphatic rings. The van der Waals surface area contributed by atoms with Gasteiger partial charge in [-0.2, -0.15) is 0 Å². The van der Waals surface area contributed by atoms with Gasteiger partial charge in [-0.05, 0) is 19.8 Å². The van der Waals surface area contributed by atoms with Crippen LogP contribution in [0.3, 0.4) is 0 Å². The van der Waals surface area contributed by atoms with E-state index in [2.05, 4.69) is 14.7 Å². The zero-order valence-corrected chi connectivity index (χ0v) is 11.4. The molecule has 0 bridgehead atoms. The molecule has 17 heavy (non-hydrogen) atoms.